The molecule has 21 heavy (non-hydrogen) atoms. The highest BCUT2D eigenvalue weighted by atomic mass is 32.2. The zero-order valence-electron chi connectivity index (χ0n) is 12.2. The van der Waals surface area contributed by atoms with Crippen molar-refractivity contribution in [3.63, 3.8) is 0 Å². The van der Waals surface area contributed by atoms with Crippen LogP contribution >= 0.6 is 0 Å². The third-order valence-electron chi connectivity index (χ3n) is 3.29. The molecule has 8 heteroatoms. The smallest absolute Gasteiger partial charge is 0.240 e. The summed E-state index contributed by atoms with van der Waals surface area (Å²) >= 11 is 0. The molecule has 1 aromatic heterocycles. The Morgan fingerprint density at radius 3 is 2.67 bits per heavy atom. The van der Waals surface area contributed by atoms with Crippen molar-refractivity contribution in [2.24, 2.45) is 7.05 Å². The predicted molar refractivity (Wildman–Crippen MR) is 82.4 cm³/mol. The first-order valence-corrected chi connectivity index (χ1v) is 7.84. The van der Waals surface area contributed by atoms with Crippen LogP contribution in [-0.2, 0) is 23.6 Å². The van der Waals surface area contributed by atoms with Crippen LogP contribution in [0, 0.1) is 0 Å². The van der Waals surface area contributed by atoms with E-state index in [9.17, 15) is 8.42 Å². The van der Waals surface area contributed by atoms with E-state index < -0.39 is 10.0 Å². The number of anilines is 2. The zero-order valence-corrected chi connectivity index (χ0v) is 13.1. The Hall–Kier alpha value is -2.06. The topological polar surface area (TPSA) is 93.2 Å². The Morgan fingerprint density at radius 2 is 2.14 bits per heavy atom. The average molecular weight is 309 g/mol. The predicted octanol–water partition coefficient (Wildman–Crippen LogP) is 0.547. The molecule has 0 amide bonds. The number of imidazole rings is 1. The number of benzene rings is 1. The van der Waals surface area contributed by atoms with Crippen molar-refractivity contribution in [3.8, 4) is 0 Å². The molecule has 2 aromatic rings. The number of aryl methyl sites for hydroxylation is 1. The molecule has 1 aromatic carbocycles. The van der Waals surface area contributed by atoms with Crippen molar-refractivity contribution in [3.05, 3.63) is 36.4 Å². The molecule has 0 unspecified atom stereocenters. The van der Waals surface area contributed by atoms with E-state index in [2.05, 4.69) is 9.71 Å². The van der Waals surface area contributed by atoms with Crippen molar-refractivity contribution in [1.82, 2.24) is 14.3 Å². The molecule has 0 bridgehead atoms. The number of aromatic nitrogens is 2. The van der Waals surface area contributed by atoms with Gasteiger partial charge in [-0.25, -0.2) is 18.1 Å². The zero-order chi connectivity index (χ0) is 15.6. The molecule has 0 saturated heterocycles. The summed E-state index contributed by atoms with van der Waals surface area (Å²) in [6.07, 6.45) is 3.60. The van der Waals surface area contributed by atoms with E-state index in [0.29, 0.717) is 12.2 Å². The lowest BCUT2D eigenvalue weighted by molar-refractivity contribution is 0.588. The second-order valence-electron chi connectivity index (χ2n) is 4.74. The maximum atomic E-state index is 11.7. The Balaban J connectivity index is 2.27. The Bertz CT molecular complexity index is 739. The standard InChI is InChI=1S/C13H19N5O2S/c1-15-21(19,20)10-4-5-12(11(14)8-10)18(3)9-13-16-6-7-17(13)2/h4-8,15H,9,14H2,1-3H3. The van der Waals surface area contributed by atoms with Crippen LogP contribution in [0.3, 0.4) is 0 Å². The van der Waals surface area contributed by atoms with Crippen LogP contribution in [0.2, 0.25) is 0 Å². The summed E-state index contributed by atoms with van der Waals surface area (Å²) in [6, 6.07) is 4.69. The minimum absolute atomic E-state index is 0.150. The van der Waals surface area contributed by atoms with Gasteiger partial charge >= 0.3 is 0 Å². The summed E-state index contributed by atoms with van der Waals surface area (Å²) in [6.45, 7) is 0.575. The average Bonchev–Trinajstić information content (AvgIpc) is 2.84. The van der Waals surface area contributed by atoms with Crippen LogP contribution in [0.1, 0.15) is 5.82 Å². The van der Waals surface area contributed by atoms with Gasteiger partial charge in [0.15, 0.2) is 0 Å². The fourth-order valence-electron chi connectivity index (χ4n) is 2.01. The fourth-order valence-corrected chi connectivity index (χ4v) is 2.78. The first-order valence-electron chi connectivity index (χ1n) is 6.35. The molecule has 2 rings (SSSR count). The third kappa shape index (κ3) is 3.17. The molecule has 0 aliphatic heterocycles. The van der Waals surface area contributed by atoms with E-state index in [1.165, 1.54) is 19.2 Å². The molecule has 0 fully saturated rings. The van der Waals surface area contributed by atoms with Gasteiger partial charge in [-0.15, -0.1) is 0 Å². The van der Waals surface area contributed by atoms with Gasteiger partial charge in [0.2, 0.25) is 10.0 Å². The lowest BCUT2D eigenvalue weighted by Crippen LogP contribution is -2.21. The van der Waals surface area contributed by atoms with E-state index in [4.69, 9.17) is 5.73 Å². The quantitative estimate of drug-likeness (QED) is 0.787. The van der Waals surface area contributed by atoms with Crippen LogP contribution in [0.25, 0.3) is 0 Å². The Labute approximate surface area is 124 Å². The van der Waals surface area contributed by atoms with Gasteiger partial charge in [0, 0.05) is 26.5 Å². The van der Waals surface area contributed by atoms with Gasteiger partial charge in [-0.3, -0.25) is 0 Å². The van der Waals surface area contributed by atoms with E-state index in [-0.39, 0.29) is 4.90 Å². The molecular weight excluding hydrogens is 290 g/mol. The fraction of sp³-hybridized carbons (Fsp3) is 0.308. The van der Waals surface area contributed by atoms with Gasteiger partial charge in [-0.05, 0) is 25.2 Å². The van der Waals surface area contributed by atoms with Crippen molar-refractivity contribution in [2.45, 2.75) is 11.4 Å². The Kier molecular flexibility index (Phi) is 4.19. The van der Waals surface area contributed by atoms with Gasteiger partial charge < -0.3 is 15.2 Å². The highest BCUT2D eigenvalue weighted by Crippen LogP contribution is 2.26. The van der Waals surface area contributed by atoms with Gasteiger partial charge in [-0.2, -0.15) is 0 Å². The van der Waals surface area contributed by atoms with E-state index >= 15 is 0 Å². The van der Waals surface area contributed by atoms with Gasteiger partial charge in [0.25, 0.3) is 0 Å². The van der Waals surface area contributed by atoms with E-state index in [1.54, 1.807) is 12.3 Å². The number of nitrogen functional groups attached to an aromatic ring is 1. The van der Waals surface area contributed by atoms with Crippen LogP contribution in [0.15, 0.2) is 35.5 Å². The second-order valence-corrected chi connectivity index (χ2v) is 6.63. The maximum Gasteiger partial charge on any atom is 0.240 e. The number of nitrogens with two attached hydrogens (primary N) is 1. The highest BCUT2D eigenvalue weighted by Gasteiger charge is 2.15. The second kappa shape index (κ2) is 5.74. The Morgan fingerprint density at radius 1 is 1.43 bits per heavy atom. The van der Waals surface area contributed by atoms with Crippen molar-refractivity contribution in [2.75, 3.05) is 24.7 Å². The van der Waals surface area contributed by atoms with Crippen LogP contribution < -0.4 is 15.4 Å². The summed E-state index contributed by atoms with van der Waals surface area (Å²) in [5.74, 6) is 0.892. The van der Waals surface area contributed by atoms with E-state index in [1.807, 2.05) is 29.8 Å². The molecule has 0 saturated carbocycles. The molecule has 0 spiro atoms. The lowest BCUT2D eigenvalue weighted by Gasteiger charge is -2.21. The van der Waals surface area contributed by atoms with Gasteiger partial charge in [-0.1, -0.05) is 0 Å². The molecule has 7 nitrogen and oxygen atoms in total. The maximum absolute atomic E-state index is 11.7. The lowest BCUT2D eigenvalue weighted by atomic mass is 10.2. The SMILES string of the molecule is CNS(=O)(=O)c1ccc(N(C)Cc2nccn2C)c(N)c1. The first-order chi connectivity index (χ1) is 9.85. The normalized spacial score (nSPS) is 11.6. The summed E-state index contributed by atoms with van der Waals surface area (Å²) in [5.41, 5.74) is 7.14. The van der Waals surface area contributed by atoms with Crippen molar-refractivity contribution in [1.29, 1.82) is 0 Å². The van der Waals surface area contributed by atoms with Crippen LogP contribution in [0.5, 0.6) is 0 Å². The highest BCUT2D eigenvalue weighted by molar-refractivity contribution is 7.89. The summed E-state index contributed by atoms with van der Waals surface area (Å²) < 4.78 is 27.7. The third-order valence-corrected chi connectivity index (χ3v) is 4.70. The minimum Gasteiger partial charge on any atom is -0.397 e. The molecule has 1 heterocycles. The monoisotopic (exact) mass is 309 g/mol. The summed E-state index contributed by atoms with van der Waals surface area (Å²) in [7, 11) is 1.68. The minimum atomic E-state index is -3.48. The number of sulfonamides is 1. The largest absolute Gasteiger partial charge is 0.397 e. The van der Waals surface area contributed by atoms with Gasteiger partial charge in [0.05, 0.1) is 22.8 Å². The molecule has 0 atom stereocenters. The molecular formula is C13H19N5O2S. The summed E-state index contributed by atoms with van der Waals surface area (Å²) in [4.78, 5) is 6.33. The number of hydrogen-bond donors (Lipinski definition) is 2. The van der Waals surface area contributed by atoms with Gasteiger partial charge in [0.1, 0.15) is 5.82 Å². The molecule has 3 N–H and O–H groups in total. The number of nitrogens with one attached hydrogen (secondary N) is 1. The van der Waals surface area contributed by atoms with E-state index in [0.717, 1.165) is 11.5 Å². The molecule has 0 radical (unpaired) electrons. The summed E-state index contributed by atoms with van der Waals surface area (Å²) in [5, 5.41) is 0. The molecule has 0 aliphatic rings. The molecule has 0 aliphatic carbocycles. The van der Waals surface area contributed by atoms with Crippen LogP contribution in [-0.4, -0.2) is 32.1 Å². The van der Waals surface area contributed by atoms with Crippen molar-refractivity contribution < 1.29 is 8.42 Å². The first kappa shape index (κ1) is 15.3. The van der Waals surface area contributed by atoms with Crippen molar-refractivity contribution >= 4 is 21.4 Å². The van der Waals surface area contributed by atoms with Crippen LogP contribution in [0.4, 0.5) is 11.4 Å². The molecule has 114 valence electrons. The number of hydrogen-bond acceptors (Lipinski definition) is 5. The number of nitrogens with zero attached hydrogens (tertiary/aromatic N) is 3. The number of rotatable bonds is 5.